The lowest BCUT2D eigenvalue weighted by Crippen LogP contribution is -2.11. The largest absolute Gasteiger partial charge is 0.490 e. The highest BCUT2D eigenvalue weighted by molar-refractivity contribution is 5.82. The first-order chi connectivity index (χ1) is 11.0. The molecule has 1 aromatic carbocycles. The van der Waals surface area contributed by atoms with E-state index in [1.165, 1.54) is 31.5 Å². The second-order valence-corrected chi connectivity index (χ2v) is 4.50. The topological polar surface area (TPSA) is 123 Å². The molecular weight excluding hydrogens is 302 g/mol. The molecule has 0 aliphatic carbocycles. The predicted molar refractivity (Wildman–Crippen MR) is 85.1 cm³/mol. The minimum absolute atomic E-state index is 0.157. The van der Waals surface area contributed by atoms with Crippen molar-refractivity contribution >= 4 is 17.9 Å². The number of anilines is 1. The lowest BCUT2D eigenvalue weighted by atomic mass is 10.2. The number of aromatic amines is 1. The number of rotatable bonds is 6. The van der Waals surface area contributed by atoms with Crippen LogP contribution < -0.4 is 15.7 Å². The van der Waals surface area contributed by atoms with Crippen LogP contribution in [0.5, 0.6) is 5.75 Å². The first kappa shape index (κ1) is 16.1. The van der Waals surface area contributed by atoms with Crippen molar-refractivity contribution in [3.8, 4) is 5.75 Å². The van der Waals surface area contributed by atoms with Crippen molar-refractivity contribution in [2.45, 2.75) is 13.3 Å². The first-order valence-corrected chi connectivity index (χ1v) is 6.75. The Bertz CT molecular complexity index is 800. The molecule has 0 radical (unpaired) electrons. The van der Waals surface area contributed by atoms with E-state index in [1.54, 1.807) is 6.07 Å². The van der Waals surface area contributed by atoms with Gasteiger partial charge in [-0.05, 0) is 18.6 Å². The molecule has 120 valence electrons. The van der Waals surface area contributed by atoms with Gasteiger partial charge in [0.25, 0.3) is 5.56 Å². The molecule has 0 unspecified atom stereocenters. The van der Waals surface area contributed by atoms with Crippen LogP contribution in [0.25, 0.3) is 0 Å². The molecule has 0 saturated heterocycles. The van der Waals surface area contributed by atoms with Gasteiger partial charge in [0.15, 0.2) is 5.75 Å². The third-order valence-corrected chi connectivity index (χ3v) is 2.94. The third-order valence-electron chi connectivity index (χ3n) is 2.94. The van der Waals surface area contributed by atoms with Gasteiger partial charge in [0, 0.05) is 23.4 Å². The maximum absolute atomic E-state index is 11.4. The standard InChI is InChI=1S/C14H15N5O4/c1-3-10-7-13(20)17-14(16-10)18-15-8-9-4-5-12(23-2)11(6-9)19(21)22/h4-8H,3H2,1-2H3,(H2,16,17,18,20)/b15-8-. The zero-order valence-electron chi connectivity index (χ0n) is 12.6. The number of nitro benzene ring substituents is 1. The van der Waals surface area contributed by atoms with E-state index in [4.69, 9.17) is 4.74 Å². The number of hydrogen-bond acceptors (Lipinski definition) is 7. The summed E-state index contributed by atoms with van der Waals surface area (Å²) in [5.74, 6) is 0.371. The van der Waals surface area contributed by atoms with Crippen LogP contribution in [-0.2, 0) is 6.42 Å². The number of nitrogens with one attached hydrogen (secondary N) is 2. The number of hydrogen-bond donors (Lipinski definition) is 2. The van der Waals surface area contributed by atoms with Crippen LogP contribution in [0.1, 0.15) is 18.2 Å². The molecular formula is C14H15N5O4. The summed E-state index contributed by atoms with van der Waals surface area (Å²) in [6, 6.07) is 5.84. The van der Waals surface area contributed by atoms with E-state index < -0.39 is 4.92 Å². The van der Waals surface area contributed by atoms with E-state index in [-0.39, 0.29) is 22.9 Å². The molecule has 2 rings (SSSR count). The average Bonchev–Trinajstić information content (AvgIpc) is 2.54. The molecule has 9 nitrogen and oxygen atoms in total. The summed E-state index contributed by atoms with van der Waals surface area (Å²) >= 11 is 0. The SMILES string of the molecule is CCc1cc(=O)[nH]c(N/N=C\c2ccc(OC)c([N+](=O)[O-])c2)n1. The van der Waals surface area contributed by atoms with Crippen LogP contribution in [0.3, 0.4) is 0 Å². The van der Waals surface area contributed by atoms with E-state index in [0.29, 0.717) is 17.7 Å². The van der Waals surface area contributed by atoms with Crippen LogP contribution in [0.4, 0.5) is 11.6 Å². The van der Waals surface area contributed by atoms with Gasteiger partial charge in [-0.1, -0.05) is 6.92 Å². The van der Waals surface area contributed by atoms with Gasteiger partial charge in [0.2, 0.25) is 5.95 Å². The first-order valence-electron chi connectivity index (χ1n) is 6.75. The van der Waals surface area contributed by atoms with Gasteiger partial charge >= 0.3 is 5.69 Å². The number of aryl methyl sites for hydroxylation is 1. The van der Waals surface area contributed by atoms with Crippen molar-refractivity contribution in [3.63, 3.8) is 0 Å². The summed E-state index contributed by atoms with van der Waals surface area (Å²) in [6.07, 6.45) is 2.00. The maximum atomic E-state index is 11.4. The highest BCUT2D eigenvalue weighted by atomic mass is 16.6. The highest BCUT2D eigenvalue weighted by Crippen LogP contribution is 2.26. The van der Waals surface area contributed by atoms with Gasteiger partial charge in [-0.2, -0.15) is 5.10 Å². The molecule has 2 N–H and O–H groups in total. The van der Waals surface area contributed by atoms with Crippen molar-refractivity contribution in [2.24, 2.45) is 5.10 Å². The fourth-order valence-electron chi connectivity index (χ4n) is 1.84. The molecule has 0 amide bonds. The van der Waals surface area contributed by atoms with Crippen molar-refractivity contribution in [2.75, 3.05) is 12.5 Å². The Morgan fingerprint density at radius 3 is 2.91 bits per heavy atom. The summed E-state index contributed by atoms with van der Waals surface area (Å²) in [5, 5.41) is 14.9. The van der Waals surface area contributed by atoms with Gasteiger partial charge in [0.1, 0.15) is 0 Å². The van der Waals surface area contributed by atoms with Gasteiger partial charge in [-0.25, -0.2) is 10.4 Å². The van der Waals surface area contributed by atoms with E-state index in [2.05, 4.69) is 20.5 Å². The van der Waals surface area contributed by atoms with Crippen molar-refractivity contribution in [3.05, 3.63) is 56.0 Å². The van der Waals surface area contributed by atoms with Crippen LogP contribution in [-0.4, -0.2) is 28.2 Å². The van der Waals surface area contributed by atoms with E-state index >= 15 is 0 Å². The van der Waals surface area contributed by atoms with E-state index in [0.717, 1.165) is 0 Å². The normalized spacial score (nSPS) is 10.7. The Morgan fingerprint density at radius 1 is 1.48 bits per heavy atom. The van der Waals surface area contributed by atoms with Crippen molar-refractivity contribution < 1.29 is 9.66 Å². The molecule has 0 saturated carbocycles. The van der Waals surface area contributed by atoms with Gasteiger partial charge in [-0.15, -0.1) is 0 Å². The number of nitro groups is 1. The Kier molecular flexibility index (Phi) is 5.03. The molecule has 1 heterocycles. The second-order valence-electron chi connectivity index (χ2n) is 4.50. The number of H-pyrrole nitrogens is 1. The number of ether oxygens (including phenoxy) is 1. The number of hydrazone groups is 1. The molecule has 0 aliphatic heterocycles. The number of nitrogens with zero attached hydrogens (tertiary/aromatic N) is 3. The highest BCUT2D eigenvalue weighted by Gasteiger charge is 2.14. The Labute approximate surface area is 131 Å². The lowest BCUT2D eigenvalue weighted by Gasteiger charge is -2.03. The van der Waals surface area contributed by atoms with Crippen molar-refractivity contribution in [1.82, 2.24) is 9.97 Å². The Morgan fingerprint density at radius 2 is 2.26 bits per heavy atom. The summed E-state index contributed by atoms with van der Waals surface area (Å²) in [5.41, 5.74) is 3.28. The summed E-state index contributed by atoms with van der Waals surface area (Å²) < 4.78 is 4.92. The molecule has 23 heavy (non-hydrogen) atoms. The van der Waals surface area contributed by atoms with Crippen LogP contribution >= 0.6 is 0 Å². The quantitative estimate of drug-likeness (QED) is 0.475. The Hall–Kier alpha value is -3.23. The minimum Gasteiger partial charge on any atom is -0.490 e. The van der Waals surface area contributed by atoms with E-state index in [9.17, 15) is 14.9 Å². The Balaban J connectivity index is 2.18. The number of benzene rings is 1. The molecule has 0 atom stereocenters. The molecule has 0 spiro atoms. The predicted octanol–water partition coefficient (Wildman–Crippen LogP) is 1.70. The minimum atomic E-state index is -0.534. The fourth-order valence-corrected chi connectivity index (χ4v) is 1.84. The number of aromatic nitrogens is 2. The second kappa shape index (κ2) is 7.16. The lowest BCUT2D eigenvalue weighted by molar-refractivity contribution is -0.385. The molecule has 0 aliphatic rings. The zero-order valence-corrected chi connectivity index (χ0v) is 12.6. The van der Waals surface area contributed by atoms with Gasteiger partial charge < -0.3 is 4.74 Å². The molecule has 0 bridgehead atoms. The zero-order chi connectivity index (χ0) is 16.8. The van der Waals surface area contributed by atoms with Gasteiger partial charge in [-0.3, -0.25) is 19.9 Å². The molecule has 1 aromatic heterocycles. The van der Waals surface area contributed by atoms with E-state index in [1.807, 2.05) is 6.92 Å². The average molecular weight is 317 g/mol. The maximum Gasteiger partial charge on any atom is 0.311 e. The molecule has 2 aromatic rings. The monoisotopic (exact) mass is 317 g/mol. The smallest absolute Gasteiger partial charge is 0.311 e. The third kappa shape index (κ3) is 4.13. The van der Waals surface area contributed by atoms with Crippen LogP contribution in [0.2, 0.25) is 0 Å². The molecule has 0 fully saturated rings. The van der Waals surface area contributed by atoms with Crippen LogP contribution in [0, 0.1) is 10.1 Å². The summed E-state index contributed by atoms with van der Waals surface area (Å²) in [7, 11) is 1.36. The molecule has 9 heteroatoms. The van der Waals surface area contributed by atoms with Crippen LogP contribution in [0.15, 0.2) is 34.2 Å². The summed E-state index contributed by atoms with van der Waals surface area (Å²) in [4.78, 5) is 28.5. The summed E-state index contributed by atoms with van der Waals surface area (Å²) in [6.45, 7) is 1.88. The number of methoxy groups -OCH3 is 1. The van der Waals surface area contributed by atoms with Gasteiger partial charge in [0.05, 0.1) is 18.2 Å². The fraction of sp³-hybridized carbons (Fsp3) is 0.214. The van der Waals surface area contributed by atoms with Crippen molar-refractivity contribution in [1.29, 1.82) is 0 Å².